The molecule has 142 valence electrons. The van der Waals surface area contributed by atoms with Crippen LogP contribution in [0, 0.1) is 11.8 Å². The molecule has 2 saturated heterocycles. The number of fused-ring (bicyclic) bond motifs is 1. The molecule has 0 saturated carbocycles. The van der Waals surface area contributed by atoms with Crippen LogP contribution in [0.25, 0.3) is 11.1 Å². The zero-order valence-electron chi connectivity index (χ0n) is 16.4. The van der Waals surface area contributed by atoms with E-state index in [0.29, 0.717) is 0 Å². The Bertz CT molecular complexity index is 875. The van der Waals surface area contributed by atoms with Gasteiger partial charge in [-0.25, -0.2) is 0 Å². The number of benzene rings is 3. The van der Waals surface area contributed by atoms with Crippen LogP contribution < -0.4 is 0 Å². The van der Waals surface area contributed by atoms with Crippen molar-refractivity contribution in [3.05, 3.63) is 96.1 Å². The first kappa shape index (κ1) is 17.7. The van der Waals surface area contributed by atoms with Gasteiger partial charge in [0.25, 0.3) is 0 Å². The minimum atomic E-state index is 0.840. The largest absolute Gasteiger partial charge is 0.298 e. The van der Waals surface area contributed by atoms with Gasteiger partial charge in [0, 0.05) is 39.3 Å². The molecule has 5 rings (SSSR count). The molecular formula is C26H28N2. The number of likely N-dealkylation sites (tertiary alicyclic amines) is 2. The van der Waals surface area contributed by atoms with Gasteiger partial charge in [0.1, 0.15) is 0 Å². The molecule has 0 N–H and O–H groups in total. The van der Waals surface area contributed by atoms with Gasteiger partial charge < -0.3 is 0 Å². The van der Waals surface area contributed by atoms with Gasteiger partial charge in [-0.1, -0.05) is 84.9 Å². The highest BCUT2D eigenvalue weighted by atomic mass is 15.2. The van der Waals surface area contributed by atoms with Gasteiger partial charge in [0.2, 0.25) is 0 Å². The molecule has 3 aromatic rings. The molecule has 2 nitrogen and oxygen atoms in total. The summed E-state index contributed by atoms with van der Waals surface area (Å²) in [4.78, 5) is 5.31. The molecule has 2 aliphatic rings. The highest BCUT2D eigenvalue weighted by Crippen LogP contribution is 2.32. The van der Waals surface area contributed by atoms with Crippen molar-refractivity contribution in [2.75, 3.05) is 26.2 Å². The highest BCUT2D eigenvalue weighted by Gasteiger charge is 2.39. The first-order valence-corrected chi connectivity index (χ1v) is 10.5. The van der Waals surface area contributed by atoms with Crippen molar-refractivity contribution in [2.45, 2.75) is 13.1 Å². The van der Waals surface area contributed by atoms with Crippen molar-refractivity contribution in [2.24, 2.45) is 11.8 Å². The van der Waals surface area contributed by atoms with E-state index in [-0.39, 0.29) is 0 Å². The Hall–Kier alpha value is -2.42. The molecule has 2 aliphatic heterocycles. The van der Waals surface area contributed by atoms with Crippen LogP contribution in [0.5, 0.6) is 0 Å². The lowest BCUT2D eigenvalue weighted by Crippen LogP contribution is -2.28. The Morgan fingerprint density at radius 1 is 0.500 bits per heavy atom. The quantitative estimate of drug-likeness (QED) is 0.631. The normalized spacial score (nSPS) is 22.4. The molecule has 2 heterocycles. The van der Waals surface area contributed by atoms with Crippen LogP contribution in [0.3, 0.4) is 0 Å². The third kappa shape index (κ3) is 3.89. The Kier molecular flexibility index (Phi) is 4.99. The lowest BCUT2D eigenvalue weighted by molar-refractivity contribution is 0.246. The minimum absolute atomic E-state index is 0.840. The highest BCUT2D eigenvalue weighted by molar-refractivity contribution is 5.63. The van der Waals surface area contributed by atoms with E-state index in [0.717, 1.165) is 24.9 Å². The second kappa shape index (κ2) is 7.90. The maximum absolute atomic E-state index is 2.66. The minimum Gasteiger partial charge on any atom is -0.298 e. The molecule has 0 bridgehead atoms. The monoisotopic (exact) mass is 368 g/mol. The summed E-state index contributed by atoms with van der Waals surface area (Å²) >= 11 is 0. The topological polar surface area (TPSA) is 6.48 Å². The Labute approximate surface area is 168 Å². The van der Waals surface area contributed by atoms with Crippen LogP contribution in [0.2, 0.25) is 0 Å². The average Bonchev–Trinajstić information content (AvgIpc) is 3.28. The van der Waals surface area contributed by atoms with E-state index in [4.69, 9.17) is 0 Å². The van der Waals surface area contributed by atoms with Crippen LogP contribution in [0.15, 0.2) is 84.9 Å². The smallest absolute Gasteiger partial charge is 0.0233 e. The molecule has 0 radical (unpaired) electrons. The van der Waals surface area contributed by atoms with Crippen molar-refractivity contribution in [1.82, 2.24) is 9.80 Å². The molecule has 2 unspecified atom stereocenters. The third-order valence-electron chi connectivity index (χ3n) is 6.35. The second-order valence-electron chi connectivity index (χ2n) is 8.46. The number of rotatable bonds is 5. The molecule has 0 spiro atoms. The Morgan fingerprint density at radius 2 is 0.929 bits per heavy atom. The van der Waals surface area contributed by atoms with Crippen LogP contribution in [-0.4, -0.2) is 36.0 Å². The lowest BCUT2D eigenvalue weighted by atomic mass is 10.0. The van der Waals surface area contributed by atoms with Gasteiger partial charge in [-0.15, -0.1) is 0 Å². The van der Waals surface area contributed by atoms with E-state index < -0.39 is 0 Å². The van der Waals surface area contributed by atoms with Crippen LogP contribution >= 0.6 is 0 Å². The summed E-state index contributed by atoms with van der Waals surface area (Å²) < 4.78 is 0. The fourth-order valence-electron chi connectivity index (χ4n) is 4.98. The van der Waals surface area contributed by atoms with Gasteiger partial charge in [0.05, 0.1) is 0 Å². The van der Waals surface area contributed by atoms with E-state index in [1.165, 1.54) is 48.4 Å². The summed E-state index contributed by atoms with van der Waals surface area (Å²) in [6, 6.07) is 30.7. The molecule has 2 fully saturated rings. The predicted octanol–water partition coefficient (Wildman–Crippen LogP) is 4.92. The van der Waals surface area contributed by atoms with Crippen molar-refractivity contribution < 1.29 is 0 Å². The van der Waals surface area contributed by atoms with Crippen molar-refractivity contribution >= 4 is 0 Å². The molecule has 3 aromatic carbocycles. The van der Waals surface area contributed by atoms with Crippen molar-refractivity contribution in [1.29, 1.82) is 0 Å². The first-order valence-electron chi connectivity index (χ1n) is 10.5. The van der Waals surface area contributed by atoms with Gasteiger partial charge in [-0.05, 0) is 34.1 Å². The summed E-state index contributed by atoms with van der Waals surface area (Å²) in [6.45, 7) is 7.19. The van der Waals surface area contributed by atoms with Crippen LogP contribution in [0.4, 0.5) is 0 Å². The summed E-state index contributed by atoms with van der Waals surface area (Å²) in [5.74, 6) is 1.68. The number of hydrogen-bond donors (Lipinski definition) is 0. The SMILES string of the molecule is c1ccc(CN2CC3CN(Cc4ccc(-c5ccccc5)cc4)CC3C2)cc1. The average molecular weight is 369 g/mol. The van der Waals surface area contributed by atoms with Crippen LogP contribution in [0.1, 0.15) is 11.1 Å². The molecule has 28 heavy (non-hydrogen) atoms. The van der Waals surface area contributed by atoms with Gasteiger partial charge in [-0.3, -0.25) is 9.80 Å². The van der Waals surface area contributed by atoms with E-state index in [1.807, 2.05) is 0 Å². The van der Waals surface area contributed by atoms with Gasteiger partial charge >= 0.3 is 0 Å². The summed E-state index contributed by atoms with van der Waals surface area (Å²) in [5, 5.41) is 0. The van der Waals surface area contributed by atoms with Crippen molar-refractivity contribution in [3.8, 4) is 11.1 Å². The fourth-order valence-corrected chi connectivity index (χ4v) is 4.98. The molecular weight excluding hydrogens is 340 g/mol. The zero-order valence-corrected chi connectivity index (χ0v) is 16.4. The van der Waals surface area contributed by atoms with Crippen LogP contribution in [-0.2, 0) is 13.1 Å². The van der Waals surface area contributed by atoms with Gasteiger partial charge in [-0.2, -0.15) is 0 Å². The summed E-state index contributed by atoms with van der Waals surface area (Å²) in [6.07, 6.45) is 0. The van der Waals surface area contributed by atoms with E-state index in [1.54, 1.807) is 0 Å². The molecule has 2 heteroatoms. The fraction of sp³-hybridized carbons (Fsp3) is 0.308. The Balaban J connectivity index is 1.15. The molecule has 0 aromatic heterocycles. The Morgan fingerprint density at radius 3 is 1.46 bits per heavy atom. The summed E-state index contributed by atoms with van der Waals surface area (Å²) in [7, 11) is 0. The van der Waals surface area contributed by atoms with Gasteiger partial charge in [0.15, 0.2) is 0 Å². The second-order valence-corrected chi connectivity index (χ2v) is 8.46. The lowest BCUT2D eigenvalue weighted by Gasteiger charge is -2.21. The maximum atomic E-state index is 2.66. The molecule has 0 amide bonds. The summed E-state index contributed by atoms with van der Waals surface area (Å²) in [5.41, 5.74) is 5.47. The van der Waals surface area contributed by atoms with E-state index in [2.05, 4.69) is 94.7 Å². The first-order chi connectivity index (χ1) is 13.8. The standard InChI is InChI=1S/C26H28N2/c1-3-7-21(8-4-1)15-27-17-25-19-28(20-26(25)18-27)16-22-11-13-24(14-12-22)23-9-5-2-6-10-23/h1-14,25-26H,15-20H2. The third-order valence-corrected chi connectivity index (χ3v) is 6.35. The number of hydrogen-bond acceptors (Lipinski definition) is 2. The molecule has 0 aliphatic carbocycles. The maximum Gasteiger partial charge on any atom is 0.0233 e. The van der Waals surface area contributed by atoms with E-state index in [9.17, 15) is 0 Å². The molecule has 2 atom stereocenters. The van der Waals surface area contributed by atoms with E-state index >= 15 is 0 Å². The number of nitrogens with zero attached hydrogens (tertiary/aromatic N) is 2. The zero-order chi connectivity index (χ0) is 18.8. The van der Waals surface area contributed by atoms with Crippen molar-refractivity contribution in [3.63, 3.8) is 0 Å². The predicted molar refractivity (Wildman–Crippen MR) is 116 cm³/mol.